The maximum absolute atomic E-state index is 11.1. The third-order valence-electron chi connectivity index (χ3n) is 1.83. The van der Waals surface area contributed by atoms with Crippen LogP contribution in [-0.4, -0.2) is 23.2 Å². The molecule has 0 aliphatic rings. The molecule has 0 aromatic heterocycles. The average Bonchev–Trinajstić information content (AvgIpc) is 2.16. The number of nitrogens with one attached hydrogen (secondary N) is 1. The van der Waals surface area contributed by atoms with E-state index >= 15 is 0 Å². The second-order valence-corrected chi connectivity index (χ2v) is 3.18. The van der Waals surface area contributed by atoms with Crippen LogP contribution in [0, 0.1) is 10.1 Å². The maximum atomic E-state index is 11.1. The Kier molecular flexibility index (Phi) is 3.71. The number of anilines is 1. The van der Waals surface area contributed by atoms with Crippen LogP contribution >= 0.6 is 0 Å². The van der Waals surface area contributed by atoms with E-state index in [0.29, 0.717) is 11.3 Å². The number of ketones is 1. The summed E-state index contributed by atoms with van der Waals surface area (Å²) in [6, 6.07) is 6.23. The Bertz CT molecular complexity index is 442. The van der Waals surface area contributed by atoms with Crippen LogP contribution in [0.1, 0.15) is 17.3 Å². The van der Waals surface area contributed by atoms with E-state index in [4.69, 9.17) is 0 Å². The van der Waals surface area contributed by atoms with E-state index in [1.54, 1.807) is 18.2 Å². The molecule has 0 heterocycles. The lowest BCUT2D eigenvalue weighted by molar-refractivity contribution is -0.467. The maximum Gasteiger partial charge on any atom is 0.296 e. The van der Waals surface area contributed by atoms with E-state index in [9.17, 15) is 19.7 Å². The molecule has 1 aromatic carbocycles. The van der Waals surface area contributed by atoms with Crippen molar-refractivity contribution in [2.75, 3.05) is 11.9 Å². The SMILES string of the molecule is CC(=O)c1cccc(NC(=O)C[N+](=O)[O-])c1. The lowest BCUT2D eigenvalue weighted by Gasteiger charge is -2.03. The summed E-state index contributed by atoms with van der Waals surface area (Å²) in [7, 11) is 0. The van der Waals surface area contributed by atoms with Gasteiger partial charge in [-0.05, 0) is 19.1 Å². The van der Waals surface area contributed by atoms with Gasteiger partial charge in [0.05, 0.1) is 0 Å². The molecule has 16 heavy (non-hydrogen) atoms. The molecule has 0 bridgehead atoms. The lowest BCUT2D eigenvalue weighted by atomic mass is 10.1. The van der Waals surface area contributed by atoms with Gasteiger partial charge >= 0.3 is 0 Å². The molecule has 6 nitrogen and oxygen atoms in total. The van der Waals surface area contributed by atoms with E-state index in [1.165, 1.54) is 13.0 Å². The number of Topliss-reactive ketones (excluding diaryl/α,β-unsaturated/α-hetero) is 1. The normalized spacial score (nSPS) is 9.56. The van der Waals surface area contributed by atoms with Gasteiger partial charge in [0.1, 0.15) is 0 Å². The Hall–Kier alpha value is -2.24. The van der Waals surface area contributed by atoms with Gasteiger partial charge < -0.3 is 5.32 Å². The zero-order chi connectivity index (χ0) is 12.1. The summed E-state index contributed by atoms with van der Waals surface area (Å²) in [5.41, 5.74) is 0.818. The fourth-order valence-electron chi connectivity index (χ4n) is 1.13. The molecule has 0 aliphatic heterocycles. The van der Waals surface area contributed by atoms with Crippen molar-refractivity contribution < 1.29 is 14.5 Å². The standard InChI is InChI=1S/C10H10N2O4/c1-7(13)8-3-2-4-9(5-8)11-10(14)6-12(15)16/h2-5H,6H2,1H3,(H,11,14). The molecule has 0 radical (unpaired) electrons. The van der Waals surface area contributed by atoms with Crippen molar-refractivity contribution in [2.24, 2.45) is 0 Å². The van der Waals surface area contributed by atoms with E-state index in [-0.39, 0.29) is 5.78 Å². The van der Waals surface area contributed by atoms with Gasteiger partial charge in [-0.3, -0.25) is 19.7 Å². The number of hydrogen-bond donors (Lipinski definition) is 1. The average molecular weight is 222 g/mol. The van der Waals surface area contributed by atoms with Crippen molar-refractivity contribution in [1.29, 1.82) is 0 Å². The summed E-state index contributed by atoms with van der Waals surface area (Å²) in [6.45, 7) is 0.613. The van der Waals surface area contributed by atoms with Crippen molar-refractivity contribution in [2.45, 2.75) is 6.92 Å². The van der Waals surface area contributed by atoms with E-state index in [1.807, 2.05) is 0 Å². The number of amides is 1. The number of hydrogen-bond acceptors (Lipinski definition) is 4. The van der Waals surface area contributed by atoms with Gasteiger partial charge in [0.25, 0.3) is 12.5 Å². The molecule has 0 unspecified atom stereocenters. The zero-order valence-electron chi connectivity index (χ0n) is 8.60. The molecule has 1 amide bonds. The summed E-state index contributed by atoms with van der Waals surface area (Å²) >= 11 is 0. The highest BCUT2D eigenvalue weighted by molar-refractivity contribution is 5.97. The van der Waals surface area contributed by atoms with Gasteiger partial charge in [0.15, 0.2) is 5.78 Å². The fourth-order valence-corrected chi connectivity index (χ4v) is 1.13. The van der Waals surface area contributed by atoms with Gasteiger partial charge in [-0.25, -0.2) is 0 Å². The quantitative estimate of drug-likeness (QED) is 0.469. The Morgan fingerprint density at radius 1 is 1.44 bits per heavy atom. The van der Waals surface area contributed by atoms with Crippen LogP contribution in [0.15, 0.2) is 24.3 Å². The number of carbonyl (C=O) groups is 2. The van der Waals surface area contributed by atoms with Crippen LogP contribution in [0.4, 0.5) is 5.69 Å². The smallest absolute Gasteiger partial charge is 0.296 e. The first-order valence-electron chi connectivity index (χ1n) is 4.51. The molecule has 0 atom stereocenters. The van der Waals surface area contributed by atoms with Crippen molar-refractivity contribution in [3.63, 3.8) is 0 Å². The van der Waals surface area contributed by atoms with Gasteiger partial charge in [0.2, 0.25) is 0 Å². The van der Waals surface area contributed by atoms with Gasteiger partial charge in [-0.2, -0.15) is 0 Å². The van der Waals surface area contributed by atoms with Gasteiger partial charge in [-0.15, -0.1) is 0 Å². The number of carbonyl (C=O) groups excluding carboxylic acids is 2. The number of rotatable bonds is 4. The van der Waals surface area contributed by atoms with Gasteiger partial charge in [0, 0.05) is 16.2 Å². The van der Waals surface area contributed by atoms with Crippen LogP contribution in [0.25, 0.3) is 0 Å². The van der Waals surface area contributed by atoms with Gasteiger partial charge in [-0.1, -0.05) is 12.1 Å². The molecule has 6 heteroatoms. The summed E-state index contributed by atoms with van der Waals surface area (Å²) in [4.78, 5) is 31.5. The molecule has 0 saturated heterocycles. The monoisotopic (exact) mass is 222 g/mol. The van der Waals surface area contributed by atoms with Crippen LogP contribution in [-0.2, 0) is 4.79 Å². The summed E-state index contributed by atoms with van der Waals surface area (Å²) in [5, 5.41) is 12.4. The highest BCUT2D eigenvalue weighted by atomic mass is 16.6. The van der Waals surface area contributed by atoms with Crippen LogP contribution < -0.4 is 5.32 Å². The highest BCUT2D eigenvalue weighted by Crippen LogP contribution is 2.10. The Labute approximate surface area is 91.4 Å². The molecule has 1 N–H and O–H groups in total. The van der Waals surface area contributed by atoms with Crippen molar-refractivity contribution in [3.8, 4) is 0 Å². The summed E-state index contributed by atoms with van der Waals surface area (Å²) < 4.78 is 0. The number of nitrogens with zero attached hydrogens (tertiary/aromatic N) is 1. The minimum Gasteiger partial charge on any atom is -0.320 e. The predicted octanol–water partition coefficient (Wildman–Crippen LogP) is 1.10. The van der Waals surface area contributed by atoms with E-state index < -0.39 is 17.4 Å². The molecular weight excluding hydrogens is 212 g/mol. The van der Waals surface area contributed by atoms with Crippen LogP contribution in [0.3, 0.4) is 0 Å². The molecule has 1 aromatic rings. The van der Waals surface area contributed by atoms with Crippen LogP contribution in [0.2, 0.25) is 0 Å². The molecule has 0 saturated carbocycles. The lowest BCUT2D eigenvalue weighted by Crippen LogP contribution is -2.21. The molecule has 1 rings (SSSR count). The van der Waals surface area contributed by atoms with E-state index in [2.05, 4.69) is 5.32 Å². The number of benzene rings is 1. The van der Waals surface area contributed by atoms with E-state index in [0.717, 1.165) is 0 Å². The molecular formula is C10H10N2O4. The largest absolute Gasteiger partial charge is 0.320 e. The molecule has 0 aliphatic carbocycles. The molecule has 0 fully saturated rings. The first kappa shape index (κ1) is 11.8. The Morgan fingerprint density at radius 2 is 2.12 bits per heavy atom. The van der Waals surface area contributed by atoms with Crippen molar-refractivity contribution >= 4 is 17.4 Å². The number of nitro groups is 1. The topological polar surface area (TPSA) is 89.3 Å². The zero-order valence-corrected chi connectivity index (χ0v) is 8.60. The fraction of sp³-hybridized carbons (Fsp3) is 0.200. The second-order valence-electron chi connectivity index (χ2n) is 3.18. The first-order valence-corrected chi connectivity index (χ1v) is 4.51. The second kappa shape index (κ2) is 5.01. The van der Waals surface area contributed by atoms with Crippen LogP contribution in [0.5, 0.6) is 0 Å². The minimum atomic E-state index is -0.787. The first-order chi connectivity index (χ1) is 7.49. The third-order valence-corrected chi connectivity index (χ3v) is 1.83. The highest BCUT2D eigenvalue weighted by Gasteiger charge is 2.09. The Balaban J connectivity index is 2.74. The van der Waals surface area contributed by atoms with Crippen molar-refractivity contribution in [3.05, 3.63) is 39.9 Å². The van der Waals surface area contributed by atoms with Crippen molar-refractivity contribution in [1.82, 2.24) is 0 Å². The molecule has 84 valence electrons. The summed E-state index contributed by atoms with van der Waals surface area (Å²) in [5.74, 6) is -0.851. The minimum absolute atomic E-state index is 0.134. The predicted molar refractivity (Wildman–Crippen MR) is 56.9 cm³/mol. The summed E-state index contributed by atoms with van der Waals surface area (Å²) in [6.07, 6.45) is 0. The molecule has 0 spiro atoms. The third kappa shape index (κ3) is 3.49. The Morgan fingerprint density at radius 3 is 2.69 bits per heavy atom.